The Morgan fingerprint density at radius 3 is 2.62 bits per heavy atom. The van der Waals surface area contributed by atoms with Crippen molar-refractivity contribution in [2.75, 3.05) is 26.2 Å². The van der Waals surface area contributed by atoms with Gasteiger partial charge in [0.15, 0.2) is 0 Å². The van der Waals surface area contributed by atoms with Crippen molar-refractivity contribution in [3.8, 4) is 0 Å². The average Bonchev–Trinajstić information content (AvgIpc) is 3.40. The molecule has 1 aromatic rings. The summed E-state index contributed by atoms with van der Waals surface area (Å²) in [4.78, 5) is 17.6. The van der Waals surface area contributed by atoms with E-state index in [0.29, 0.717) is 18.0 Å². The molecule has 1 saturated carbocycles. The van der Waals surface area contributed by atoms with Gasteiger partial charge in [-0.25, -0.2) is 0 Å². The minimum absolute atomic E-state index is 0.209. The third-order valence-electron chi connectivity index (χ3n) is 6.33. The summed E-state index contributed by atoms with van der Waals surface area (Å²) in [5, 5.41) is 7.67. The maximum Gasteiger partial charge on any atom is 0.224 e. The Balaban J connectivity index is 1.25. The van der Waals surface area contributed by atoms with Crippen LogP contribution in [0, 0.1) is 12.8 Å². The molecule has 6 heteroatoms. The molecule has 6 nitrogen and oxygen atoms in total. The second-order valence-corrected chi connectivity index (χ2v) is 8.54. The summed E-state index contributed by atoms with van der Waals surface area (Å²) in [6.07, 6.45) is 9.17. The molecular weight excluding hydrogens is 326 g/mol. The van der Waals surface area contributed by atoms with Gasteiger partial charge in [0.05, 0.1) is 11.6 Å². The Labute approximate surface area is 156 Å². The highest BCUT2D eigenvalue weighted by Crippen LogP contribution is 2.26. The Bertz CT molecular complexity index is 630. The standard InChI is InChI=1S/C20H33N5O/c1-15-17(12-23(2)22-15)13-24-10-7-19(8-11-24)25-9-3-4-16(14-25)20(26)21-18-5-6-18/h12,16,18-19H,3-11,13-14H2,1-2H3,(H,21,26)/t16-/m1/s1. The zero-order chi connectivity index (χ0) is 18.1. The third-order valence-corrected chi connectivity index (χ3v) is 6.33. The third kappa shape index (κ3) is 4.29. The second-order valence-electron chi connectivity index (χ2n) is 8.54. The smallest absolute Gasteiger partial charge is 0.224 e. The number of amides is 1. The van der Waals surface area contributed by atoms with E-state index >= 15 is 0 Å². The van der Waals surface area contributed by atoms with Crippen LogP contribution in [0.4, 0.5) is 0 Å². The van der Waals surface area contributed by atoms with Crippen LogP contribution < -0.4 is 5.32 Å². The molecule has 0 aromatic carbocycles. The highest BCUT2D eigenvalue weighted by atomic mass is 16.2. The normalized spacial score (nSPS) is 26.2. The highest BCUT2D eigenvalue weighted by molar-refractivity contribution is 5.79. The Morgan fingerprint density at radius 1 is 1.19 bits per heavy atom. The Morgan fingerprint density at radius 2 is 1.96 bits per heavy atom. The molecule has 1 atom stereocenters. The van der Waals surface area contributed by atoms with Gasteiger partial charge in [-0.05, 0) is 65.1 Å². The summed E-state index contributed by atoms with van der Waals surface area (Å²) in [6.45, 7) is 7.54. The van der Waals surface area contributed by atoms with Crippen molar-refractivity contribution in [3.05, 3.63) is 17.5 Å². The van der Waals surface area contributed by atoms with E-state index in [1.807, 2.05) is 11.7 Å². The van der Waals surface area contributed by atoms with Crippen molar-refractivity contribution in [2.45, 2.75) is 64.1 Å². The van der Waals surface area contributed by atoms with E-state index in [1.165, 1.54) is 37.8 Å². The minimum atomic E-state index is 0.209. The molecule has 1 amide bonds. The van der Waals surface area contributed by atoms with Gasteiger partial charge < -0.3 is 5.32 Å². The molecule has 3 fully saturated rings. The van der Waals surface area contributed by atoms with E-state index in [-0.39, 0.29) is 5.92 Å². The maximum atomic E-state index is 12.4. The fraction of sp³-hybridized carbons (Fsp3) is 0.800. The van der Waals surface area contributed by atoms with Crippen LogP contribution in [0.1, 0.15) is 49.8 Å². The summed E-state index contributed by atoms with van der Waals surface area (Å²) in [6, 6.07) is 1.13. The number of aryl methyl sites for hydroxylation is 2. The molecule has 1 aromatic heterocycles. The lowest BCUT2D eigenvalue weighted by Gasteiger charge is -2.42. The van der Waals surface area contributed by atoms with Crippen LogP contribution in [-0.2, 0) is 18.4 Å². The van der Waals surface area contributed by atoms with Gasteiger partial charge in [-0.2, -0.15) is 5.10 Å². The number of aromatic nitrogens is 2. The van der Waals surface area contributed by atoms with Crippen LogP contribution in [0.2, 0.25) is 0 Å². The molecule has 4 rings (SSSR count). The van der Waals surface area contributed by atoms with Crippen LogP contribution in [0.15, 0.2) is 6.20 Å². The average molecular weight is 360 g/mol. The van der Waals surface area contributed by atoms with Gasteiger partial charge in [-0.3, -0.25) is 19.3 Å². The minimum Gasteiger partial charge on any atom is -0.353 e. The lowest BCUT2D eigenvalue weighted by Crippen LogP contribution is -2.50. The maximum absolute atomic E-state index is 12.4. The molecule has 26 heavy (non-hydrogen) atoms. The van der Waals surface area contributed by atoms with E-state index in [1.54, 1.807) is 0 Å². The molecule has 0 radical (unpaired) electrons. The zero-order valence-electron chi connectivity index (χ0n) is 16.3. The van der Waals surface area contributed by atoms with Gasteiger partial charge in [-0.1, -0.05) is 0 Å². The first-order chi connectivity index (χ1) is 12.6. The topological polar surface area (TPSA) is 53.4 Å². The number of carbonyl (C=O) groups excluding carboxylic acids is 1. The highest BCUT2D eigenvalue weighted by Gasteiger charge is 2.33. The van der Waals surface area contributed by atoms with Crippen molar-refractivity contribution in [3.63, 3.8) is 0 Å². The quantitative estimate of drug-likeness (QED) is 0.869. The lowest BCUT2D eigenvalue weighted by atomic mass is 9.93. The molecule has 1 N–H and O–H groups in total. The number of likely N-dealkylation sites (tertiary alicyclic amines) is 2. The largest absolute Gasteiger partial charge is 0.353 e. The van der Waals surface area contributed by atoms with Crippen molar-refractivity contribution in [1.29, 1.82) is 0 Å². The molecule has 2 saturated heterocycles. The first-order valence-electron chi connectivity index (χ1n) is 10.3. The Hall–Kier alpha value is -1.40. The van der Waals surface area contributed by atoms with E-state index < -0.39 is 0 Å². The molecule has 0 bridgehead atoms. The number of piperidine rings is 2. The summed E-state index contributed by atoms with van der Waals surface area (Å²) >= 11 is 0. The second kappa shape index (κ2) is 7.69. The number of nitrogens with zero attached hydrogens (tertiary/aromatic N) is 4. The number of carbonyl (C=O) groups is 1. The summed E-state index contributed by atoms with van der Waals surface area (Å²) in [7, 11) is 1.99. The fourth-order valence-corrected chi connectivity index (χ4v) is 4.59. The van der Waals surface area contributed by atoms with Gasteiger partial charge >= 0.3 is 0 Å². The van der Waals surface area contributed by atoms with Gasteiger partial charge in [0.25, 0.3) is 0 Å². The van der Waals surface area contributed by atoms with Crippen LogP contribution in [0.5, 0.6) is 0 Å². The van der Waals surface area contributed by atoms with Crippen molar-refractivity contribution >= 4 is 5.91 Å². The fourth-order valence-electron chi connectivity index (χ4n) is 4.59. The number of rotatable bonds is 5. The van der Waals surface area contributed by atoms with Crippen LogP contribution >= 0.6 is 0 Å². The summed E-state index contributed by atoms with van der Waals surface area (Å²) in [5.74, 6) is 0.516. The molecular formula is C20H33N5O. The van der Waals surface area contributed by atoms with Gasteiger partial charge in [0.2, 0.25) is 5.91 Å². The molecule has 1 aliphatic carbocycles. The summed E-state index contributed by atoms with van der Waals surface area (Å²) < 4.78 is 1.91. The first kappa shape index (κ1) is 18.0. The zero-order valence-corrected chi connectivity index (χ0v) is 16.3. The van der Waals surface area contributed by atoms with Crippen molar-refractivity contribution in [1.82, 2.24) is 24.9 Å². The molecule has 0 unspecified atom stereocenters. The van der Waals surface area contributed by atoms with Crippen LogP contribution in [0.3, 0.4) is 0 Å². The van der Waals surface area contributed by atoms with Crippen molar-refractivity contribution < 1.29 is 4.79 Å². The first-order valence-corrected chi connectivity index (χ1v) is 10.3. The van der Waals surface area contributed by atoms with Gasteiger partial charge in [-0.15, -0.1) is 0 Å². The predicted molar refractivity (Wildman–Crippen MR) is 102 cm³/mol. The monoisotopic (exact) mass is 359 g/mol. The number of nitrogens with one attached hydrogen (secondary N) is 1. The molecule has 144 valence electrons. The van der Waals surface area contributed by atoms with Crippen LogP contribution in [0.25, 0.3) is 0 Å². The van der Waals surface area contributed by atoms with E-state index in [0.717, 1.165) is 44.7 Å². The lowest BCUT2D eigenvalue weighted by molar-refractivity contribution is -0.127. The van der Waals surface area contributed by atoms with E-state index in [9.17, 15) is 4.79 Å². The van der Waals surface area contributed by atoms with Crippen LogP contribution in [-0.4, -0.2) is 63.8 Å². The van der Waals surface area contributed by atoms with Gasteiger partial charge in [0, 0.05) is 44.0 Å². The SMILES string of the molecule is Cc1nn(C)cc1CN1CCC(N2CCC[C@@H](C(=O)NC3CC3)C2)CC1. The van der Waals surface area contributed by atoms with E-state index in [2.05, 4.69) is 33.3 Å². The number of hydrogen-bond acceptors (Lipinski definition) is 4. The van der Waals surface area contributed by atoms with E-state index in [4.69, 9.17) is 0 Å². The molecule has 3 aliphatic rings. The predicted octanol–water partition coefficient (Wildman–Crippen LogP) is 1.68. The molecule has 2 aliphatic heterocycles. The molecule has 0 spiro atoms. The Kier molecular flexibility index (Phi) is 5.32. The number of hydrogen-bond donors (Lipinski definition) is 1. The van der Waals surface area contributed by atoms with Crippen molar-refractivity contribution in [2.24, 2.45) is 13.0 Å². The summed E-state index contributed by atoms with van der Waals surface area (Å²) in [5.41, 5.74) is 2.50. The van der Waals surface area contributed by atoms with Gasteiger partial charge in [0.1, 0.15) is 0 Å². The molecule has 3 heterocycles.